The van der Waals surface area contributed by atoms with Crippen LogP contribution in [-0.2, 0) is 10.0 Å². The molecule has 4 heterocycles. The van der Waals surface area contributed by atoms with E-state index < -0.39 is 10.0 Å². The minimum Gasteiger partial charge on any atom is -0.336 e. The van der Waals surface area contributed by atoms with Crippen molar-refractivity contribution in [1.82, 2.24) is 23.5 Å². The number of hydrogen-bond donors (Lipinski definition) is 0. The molecular weight excluding hydrogens is 390 g/mol. The number of likely N-dealkylation sites (tertiary alicyclic amines) is 1. The Hall–Kier alpha value is -1.97. The first kappa shape index (κ1) is 20.3. The number of pyridine rings is 1. The molecule has 29 heavy (non-hydrogen) atoms. The lowest BCUT2D eigenvalue weighted by molar-refractivity contribution is 0.0779. The summed E-state index contributed by atoms with van der Waals surface area (Å²) in [5.41, 5.74) is 1.26. The number of aromatic nitrogens is 2. The molecule has 2 aliphatic heterocycles. The highest BCUT2D eigenvalue weighted by Crippen LogP contribution is 2.30. The van der Waals surface area contributed by atoms with Crippen LogP contribution in [-0.4, -0.2) is 90.4 Å². The van der Waals surface area contributed by atoms with Crippen molar-refractivity contribution >= 4 is 21.4 Å². The summed E-state index contributed by atoms with van der Waals surface area (Å²) in [5, 5.41) is 0. The third-order valence-electron chi connectivity index (χ3n) is 6.18. The van der Waals surface area contributed by atoms with Crippen LogP contribution in [0.4, 0.5) is 0 Å². The van der Waals surface area contributed by atoms with Gasteiger partial charge in [-0.2, -0.15) is 0 Å². The average molecular weight is 420 g/mol. The molecule has 0 N–H and O–H groups in total. The van der Waals surface area contributed by atoms with Gasteiger partial charge in [0.15, 0.2) is 5.69 Å². The van der Waals surface area contributed by atoms with E-state index >= 15 is 0 Å². The van der Waals surface area contributed by atoms with Crippen LogP contribution in [0, 0.1) is 0 Å². The molecule has 0 saturated carbocycles. The Bertz CT molecular complexity index is 1020. The number of carbonyl (C=O) groups excluding carboxylic acids is 1. The summed E-state index contributed by atoms with van der Waals surface area (Å²) in [4.78, 5) is 22.1. The van der Waals surface area contributed by atoms with Crippen LogP contribution < -0.4 is 0 Å². The van der Waals surface area contributed by atoms with Crippen LogP contribution in [0.5, 0.6) is 0 Å². The molecule has 4 rings (SSSR count). The SMILES string of the molecule is CN(C)[C@H]1CCN(C(=O)c2nc([C@H]3CCCN(S(C)(=O)=O)C3)n3ccccc23)C1. The summed E-state index contributed by atoms with van der Waals surface area (Å²) in [5.74, 6) is 0.712. The van der Waals surface area contributed by atoms with Gasteiger partial charge in [-0.25, -0.2) is 17.7 Å². The van der Waals surface area contributed by atoms with E-state index in [9.17, 15) is 13.2 Å². The first-order valence-corrected chi connectivity index (χ1v) is 12.0. The Morgan fingerprint density at radius 3 is 2.66 bits per heavy atom. The number of fused-ring (bicyclic) bond motifs is 1. The smallest absolute Gasteiger partial charge is 0.274 e. The van der Waals surface area contributed by atoms with Crippen molar-refractivity contribution in [1.29, 1.82) is 0 Å². The fourth-order valence-electron chi connectivity index (χ4n) is 4.46. The number of sulfonamides is 1. The number of carbonyl (C=O) groups is 1. The summed E-state index contributed by atoms with van der Waals surface area (Å²) in [6.45, 7) is 2.39. The van der Waals surface area contributed by atoms with Gasteiger partial charge in [0.25, 0.3) is 5.91 Å². The molecule has 0 aromatic carbocycles. The van der Waals surface area contributed by atoms with E-state index in [0.717, 1.165) is 37.1 Å². The number of nitrogens with zero attached hydrogens (tertiary/aromatic N) is 5. The van der Waals surface area contributed by atoms with Crippen LogP contribution in [0.25, 0.3) is 5.52 Å². The van der Waals surface area contributed by atoms with Crippen molar-refractivity contribution in [3.63, 3.8) is 0 Å². The highest BCUT2D eigenvalue weighted by atomic mass is 32.2. The molecule has 0 unspecified atom stereocenters. The zero-order valence-electron chi connectivity index (χ0n) is 17.3. The third-order valence-corrected chi connectivity index (χ3v) is 7.45. The number of likely N-dealkylation sites (N-methyl/N-ethyl adjacent to an activating group) is 1. The highest BCUT2D eigenvalue weighted by molar-refractivity contribution is 7.88. The van der Waals surface area contributed by atoms with Gasteiger partial charge in [0, 0.05) is 44.3 Å². The fourth-order valence-corrected chi connectivity index (χ4v) is 5.37. The Labute approximate surface area is 172 Å². The lowest BCUT2D eigenvalue weighted by atomic mass is 9.99. The van der Waals surface area contributed by atoms with E-state index in [2.05, 4.69) is 4.90 Å². The molecule has 8 nitrogen and oxygen atoms in total. The third kappa shape index (κ3) is 3.91. The van der Waals surface area contributed by atoms with Crippen LogP contribution in [0.15, 0.2) is 24.4 Å². The van der Waals surface area contributed by atoms with Gasteiger partial charge in [0.05, 0.1) is 11.8 Å². The normalized spacial score (nSPS) is 23.9. The highest BCUT2D eigenvalue weighted by Gasteiger charge is 2.33. The standard InChI is InChI=1S/C20H29N5O3S/c1-22(2)16-9-12-23(14-16)20(26)18-17-8-4-5-11-25(17)19(21-18)15-7-6-10-24(13-15)29(3,27)28/h4-5,8,11,15-16H,6-7,9-10,12-14H2,1-3H3/t15-,16-/m0/s1. The molecular formula is C20H29N5O3S. The molecule has 2 aromatic heterocycles. The number of piperidine rings is 1. The minimum atomic E-state index is -3.24. The first-order chi connectivity index (χ1) is 13.8. The second kappa shape index (κ2) is 7.70. The molecule has 2 aliphatic rings. The minimum absolute atomic E-state index is 0.0250. The van der Waals surface area contributed by atoms with Crippen LogP contribution in [0.1, 0.15) is 41.5 Å². The van der Waals surface area contributed by atoms with Crippen LogP contribution >= 0.6 is 0 Å². The van der Waals surface area contributed by atoms with E-state index in [1.165, 1.54) is 10.6 Å². The maximum Gasteiger partial charge on any atom is 0.274 e. The van der Waals surface area contributed by atoms with E-state index in [1.54, 1.807) is 0 Å². The number of rotatable bonds is 4. The number of amides is 1. The maximum absolute atomic E-state index is 13.3. The predicted octanol–water partition coefficient (Wildman–Crippen LogP) is 1.25. The zero-order valence-corrected chi connectivity index (χ0v) is 18.1. The van der Waals surface area contributed by atoms with Crippen molar-refractivity contribution in [3.05, 3.63) is 35.9 Å². The van der Waals surface area contributed by atoms with Crippen LogP contribution in [0.2, 0.25) is 0 Å². The van der Waals surface area contributed by atoms with Gasteiger partial charge in [0.1, 0.15) is 5.82 Å². The van der Waals surface area contributed by atoms with Gasteiger partial charge in [-0.1, -0.05) is 6.07 Å². The molecule has 9 heteroatoms. The molecule has 2 saturated heterocycles. The molecule has 0 bridgehead atoms. The summed E-state index contributed by atoms with van der Waals surface area (Å²) >= 11 is 0. The molecule has 2 atom stereocenters. The molecule has 0 aliphatic carbocycles. The van der Waals surface area contributed by atoms with Crippen molar-refractivity contribution < 1.29 is 13.2 Å². The maximum atomic E-state index is 13.3. The van der Waals surface area contributed by atoms with Gasteiger partial charge in [-0.15, -0.1) is 0 Å². The van der Waals surface area contributed by atoms with E-state index in [-0.39, 0.29) is 11.8 Å². The Morgan fingerprint density at radius 2 is 1.97 bits per heavy atom. The fraction of sp³-hybridized carbons (Fsp3) is 0.600. The van der Waals surface area contributed by atoms with E-state index in [4.69, 9.17) is 4.98 Å². The summed E-state index contributed by atoms with van der Waals surface area (Å²) in [6, 6.07) is 6.12. The number of hydrogen-bond acceptors (Lipinski definition) is 5. The summed E-state index contributed by atoms with van der Waals surface area (Å²) in [7, 11) is 0.842. The second-order valence-corrected chi connectivity index (χ2v) is 10.4. The van der Waals surface area contributed by atoms with Crippen molar-refractivity contribution in [2.24, 2.45) is 0 Å². The Balaban J connectivity index is 1.66. The number of imidazole rings is 1. The lowest BCUT2D eigenvalue weighted by Gasteiger charge is -2.30. The van der Waals surface area contributed by atoms with Gasteiger partial charge in [-0.05, 0) is 45.5 Å². The quantitative estimate of drug-likeness (QED) is 0.745. The first-order valence-electron chi connectivity index (χ1n) is 10.1. The summed E-state index contributed by atoms with van der Waals surface area (Å²) in [6.07, 6.45) is 5.78. The van der Waals surface area contributed by atoms with Crippen molar-refractivity contribution in [2.45, 2.75) is 31.2 Å². The molecule has 2 aromatic rings. The predicted molar refractivity (Wildman–Crippen MR) is 112 cm³/mol. The Kier molecular flexibility index (Phi) is 5.39. The molecule has 0 spiro atoms. The van der Waals surface area contributed by atoms with Gasteiger partial charge in [-0.3, -0.25) is 4.79 Å². The molecule has 158 valence electrons. The van der Waals surface area contributed by atoms with Gasteiger partial charge in [0.2, 0.25) is 10.0 Å². The van der Waals surface area contributed by atoms with Crippen LogP contribution in [0.3, 0.4) is 0 Å². The van der Waals surface area contributed by atoms with Gasteiger partial charge >= 0.3 is 0 Å². The largest absolute Gasteiger partial charge is 0.336 e. The molecule has 2 fully saturated rings. The van der Waals surface area contributed by atoms with Crippen molar-refractivity contribution in [2.75, 3.05) is 46.5 Å². The monoisotopic (exact) mass is 419 g/mol. The van der Waals surface area contributed by atoms with Crippen molar-refractivity contribution in [3.8, 4) is 0 Å². The van der Waals surface area contributed by atoms with E-state index in [1.807, 2.05) is 47.8 Å². The molecule has 1 amide bonds. The Morgan fingerprint density at radius 1 is 1.17 bits per heavy atom. The topological polar surface area (TPSA) is 78.2 Å². The second-order valence-electron chi connectivity index (χ2n) is 8.39. The average Bonchev–Trinajstić information content (AvgIpc) is 3.33. The van der Waals surface area contributed by atoms with Gasteiger partial charge < -0.3 is 14.2 Å². The lowest BCUT2D eigenvalue weighted by Crippen LogP contribution is -2.38. The van der Waals surface area contributed by atoms with E-state index in [0.29, 0.717) is 31.4 Å². The summed E-state index contributed by atoms with van der Waals surface area (Å²) < 4.78 is 27.6. The zero-order chi connectivity index (χ0) is 20.8. The molecule has 0 radical (unpaired) electrons.